The third-order valence-electron chi connectivity index (χ3n) is 4.35. The lowest BCUT2D eigenvalue weighted by Gasteiger charge is -2.12. The minimum Gasteiger partial charge on any atom is -0.490 e. The van der Waals surface area contributed by atoms with Crippen molar-refractivity contribution in [1.82, 2.24) is 5.43 Å². The molecule has 168 valence electrons. The summed E-state index contributed by atoms with van der Waals surface area (Å²) in [7, 11) is 0. The lowest BCUT2D eigenvalue weighted by atomic mass is 10.1. The zero-order chi connectivity index (χ0) is 22.7. The molecule has 2 rings (SSSR count). The van der Waals surface area contributed by atoms with E-state index >= 15 is 0 Å². The first-order valence-corrected chi connectivity index (χ1v) is 10.3. The van der Waals surface area contributed by atoms with E-state index < -0.39 is 17.6 Å². The SMILES string of the molecule is CCCCCCOc1ccc(/C=N/NC(=O)c2cccc(C(F)(F)F)c2)cc1OCC. The number of rotatable bonds is 11. The second-order valence-corrected chi connectivity index (χ2v) is 6.83. The van der Waals surface area contributed by atoms with Crippen LogP contribution in [0.3, 0.4) is 0 Å². The van der Waals surface area contributed by atoms with Gasteiger partial charge >= 0.3 is 6.18 Å². The van der Waals surface area contributed by atoms with Crippen LogP contribution in [0.25, 0.3) is 0 Å². The Hall–Kier alpha value is -3.03. The molecular weight excluding hydrogens is 409 g/mol. The topological polar surface area (TPSA) is 59.9 Å². The van der Waals surface area contributed by atoms with Crippen molar-refractivity contribution in [2.24, 2.45) is 5.10 Å². The van der Waals surface area contributed by atoms with Crippen molar-refractivity contribution in [3.05, 3.63) is 59.2 Å². The van der Waals surface area contributed by atoms with Gasteiger partial charge in [0.1, 0.15) is 0 Å². The lowest BCUT2D eigenvalue weighted by molar-refractivity contribution is -0.137. The molecule has 2 aromatic rings. The molecule has 1 N–H and O–H groups in total. The van der Waals surface area contributed by atoms with E-state index in [1.54, 1.807) is 18.2 Å². The predicted octanol–water partition coefficient (Wildman–Crippen LogP) is 5.83. The number of carbonyl (C=O) groups excluding carboxylic acids is 1. The van der Waals surface area contributed by atoms with Gasteiger partial charge in [-0.05, 0) is 55.3 Å². The van der Waals surface area contributed by atoms with Gasteiger partial charge in [0.15, 0.2) is 11.5 Å². The second-order valence-electron chi connectivity index (χ2n) is 6.83. The Morgan fingerprint density at radius 1 is 1.03 bits per heavy atom. The molecule has 0 saturated carbocycles. The van der Waals surface area contributed by atoms with Gasteiger partial charge < -0.3 is 9.47 Å². The normalized spacial score (nSPS) is 11.5. The summed E-state index contributed by atoms with van der Waals surface area (Å²) in [5.74, 6) is 0.453. The van der Waals surface area contributed by atoms with Gasteiger partial charge in [-0.25, -0.2) is 5.43 Å². The summed E-state index contributed by atoms with van der Waals surface area (Å²) in [6, 6.07) is 9.40. The number of nitrogens with one attached hydrogen (secondary N) is 1. The molecular formula is C23H27F3N2O3. The summed E-state index contributed by atoms with van der Waals surface area (Å²) < 4.78 is 49.8. The number of unbranched alkanes of at least 4 members (excludes halogenated alkanes) is 3. The molecule has 8 heteroatoms. The van der Waals surface area contributed by atoms with E-state index in [9.17, 15) is 18.0 Å². The maximum absolute atomic E-state index is 12.8. The Bertz CT molecular complexity index is 883. The fourth-order valence-electron chi connectivity index (χ4n) is 2.77. The van der Waals surface area contributed by atoms with E-state index in [0.29, 0.717) is 30.3 Å². The quantitative estimate of drug-likeness (QED) is 0.274. The maximum Gasteiger partial charge on any atom is 0.416 e. The molecule has 0 aliphatic carbocycles. The first kappa shape index (κ1) is 24.2. The highest BCUT2D eigenvalue weighted by molar-refractivity contribution is 5.95. The van der Waals surface area contributed by atoms with Gasteiger partial charge in [0.2, 0.25) is 0 Å². The number of nitrogens with zero attached hydrogens (tertiary/aromatic N) is 1. The van der Waals surface area contributed by atoms with Crippen molar-refractivity contribution < 1.29 is 27.4 Å². The van der Waals surface area contributed by atoms with Crippen LogP contribution < -0.4 is 14.9 Å². The fraction of sp³-hybridized carbons (Fsp3) is 0.391. The highest BCUT2D eigenvalue weighted by Gasteiger charge is 2.30. The van der Waals surface area contributed by atoms with E-state index in [1.165, 1.54) is 24.8 Å². The molecule has 0 radical (unpaired) electrons. The van der Waals surface area contributed by atoms with Crippen molar-refractivity contribution in [1.29, 1.82) is 0 Å². The zero-order valence-corrected chi connectivity index (χ0v) is 17.7. The Morgan fingerprint density at radius 3 is 2.55 bits per heavy atom. The van der Waals surface area contributed by atoms with E-state index in [-0.39, 0.29) is 5.56 Å². The number of amides is 1. The Balaban J connectivity index is 2.00. The minimum atomic E-state index is -4.52. The molecule has 1 amide bonds. The van der Waals surface area contributed by atoms with Crippen molar-refractivity contribution in [3.63, 3.8) is 0 Å². The van der Waals surface area contributed by atoms with Crippen molar-refractivity contribution >= 4 is 12.1 Å². The summed E-state index contributed by atoms with van der Waals surface area (Å²) in [5, 5.41) is 3.83. The molecule has 0 aliphatic heterocycles. The summed E-state index contributed by atoms with van der Waals surface area (Å²) in [6.07, 6.45) is 1.26. The third-order valence-corrected chi connectivity index (χ3v) is 4.35. The molecule has 2 aromatic carbocycles. The van der Waals surface area contributed by atoms with E-state index in [2.05, 4.69) is 17.5 Å². The molecule has 0 fully saturated rings. The standard InChI is InChI=1S/C23H27F3N2O3/c1-3-5-6-7-13-31-20-12-11-17(14-21(20)30-4-2)16-27-28-22(29)18-9-8-10-19(15-18)23(24,25)26/h8-12,14-16H,3-7,13H2,1-2H3,(H,28,29)/b27-16+. The maximum atomic E-state index is 12.8. The van der Waals surface area contributed by atoms with Crippen LogP contribution in [0.1, 0.15) is 61.0 Å². The summed E-state index contributed by atoms with van der Waals surface area (Å²) in [4.78, 5) is 12.1. The number of hydrazone groups is 1. The molecule has 0 aromatic heterocycles. The zero-order valence-electron chi connectivity index (χ0n) is 17.7. The molecule has 0 spiro atoms. The van der Waals surface area contributed by atoms with Gasteiger partial charge in [0.25, 0.3) is 5.91 Å². The van der Waals surface area contributed by atoms with Crippen molar-refractivity contribution in [2.75, 3.05) is 13.2 Å². The number of halogens is 3. The number of carbonyl (C=O) groups is 1. The number of benzene rings is 2. The highest BCUT2D eigenvalue weighted by atomic mass is 19.4. The van der Waals surface area contributed by atoms with Crippen LogP contribution in [-0.2, 0) is 6.18 Å². The summed E-state index contributed by atoms with van der Waals surface area (Å²) in [6.45, 7) is 5.07. The summed E-state index contributed by atoms with van der Waals surface area (Å²) in [5.41, 5.74) is 1.86. The minimum absolute atomic E-state index is 0.131. The first-order chi connectivity index (χ1) is 14.8. The van der Waals surface area contributed by atoms with Crippen LogP contribution in [0.4, 0.5) is 13.2 Å². The monoisotopic (exact) mass is 436 g/mol. The fourth-order valence-corrected chi connectivity index (χ4v) is 2.77. The molecule has 0 bridgehead atoms. The van der Waals surface area contributed by atoms with Gasteiger partial charge in [-0.1, -0.05) is 32.3 Å². The van der Waals surface area contributed by atoms with Crippen LogP contribution in [0.2, 0.25) is 0 Å². The predicted molar refractivity (Wildman–Crippen MR) is 114 cm³/mol. The number of hydrogen-bond acceptors (Lipinski definition) is 4. The molecule has 31 heavy (non-hydrogen) atoms. The molecule has 0 saturated heterocycles. The molecule has 5 nitrogen and oxygen atoms in total. The van der Waals surface area contributed by atoms with E-state index in [0.717, 1.165) is 31.4 Å². The van der Waals surface area contributed by atoms with Crippen LogP contribution >= 0.6 is 0 Å². The molecule has 0 aliphatic rings. The Labute approximate surface area is 180 Å². The largest absolute Gasteiger partial charge is 0.490 e. The van der Waals surface area contributed by atoms with E-state index in [1.807, 2.05) is 6.92 Å². The van der Waals surface area contributed by atoms with Gasteiger partial charge in [-0.3, -0.25) is 4.79 Å². The average Bonchev–Trinajstić information content (AvgIpc) is 2.74. The third kappa shape index (κ3) is 7.96. The molecule has 0 atom stereocenters. The van der Waals surface area contributed by atoms with E-state index in [4.69, 9.17) is 9.47 Å². The first-order valence-electron chi connectivity index (χ1n) is 10.3. The second kappa shape index (κ2) is 12.0. The van der Waals surface area contributed by atoms with Gasteiger partial charge in [-0.15, -0.1) is 0 Å². The van der Waals surface area contributed by atoms with Crippen molar-refractivity contribution in [2.45, 2.75) is 45.7 Å². The van der Waals surface area contributed by atoms with Crippen molar-refractivity contribution in [3.8, 4) is 11.5 Å². The Kier molecular flexibility index (Phi) is 9.37. The summed E-state index contributed by atoms with van der Waals surface area (Å²) >= 11 is 0. The van der Waals surface area contributed by atoms with Crippen LogP contribution in [0.5, 0.6) is 11.5 Å². The smallest absolute Gasteiger partial charge is 0.416 e. The highest BCUT2D eigenvalue weighted by Crippen LogP contribution is 2.30. The lowest BCUT2D eigenvalue weighted by Crippen LogP contribution is -2.18. The van der Waals surface area contributed by atoms with Crippen LogP contribution in [0.15, 0.2) is 47.6 Å². The number of hydrogen-bond donors (Lipinski definition) is 1. The Morgan fingerprint density at radius 2 is 1.84 bits per heavy atom. The number of ether oxygens (including phenoxy) is 2. The van der Waals surface area contributed by atoms with Gasteiger partial charge in [0, 0.05) is 5.56 Å². The average molecular weight is 436 g/mol. The molecule has 0 heterocycles. The van der Waals surface area contributed by atoms with Gasteiger partial charge in [0.05, 0.1) is 25.0 Å². The van der Waals surface area contributed by atoms with Crippen LogP contribution in [0, 0.1) is 0 Å². The van der Waals surface area contributed by atoms with Crippen LogP contribution in [-0.4, -0.2) is 25.3 Å². The number of alkyl halides is 3. The molecule has 0 unspecified atom stereocenters. The van der Waals surface area contributed by atoms with Gasteiger partial charge in [-0.2, -0.15) is 18.3 Å².